The number of fused-ring (bicyclic) bond motifs is 4. The Balaban J connectivity index is 1.57. The fraction of sp³-hybridized carbons (Fsp3) is 0.571. The summed E-state index contributed by atoms with van der Waals surface area (Å²) in [6.07, 6.45) is -4.09. The number of ether oxygens (including phenoxy) is 5. The van der Waals surface area contributed by atoms with Gasteiger partial charge in [0.25, 0.3) is 0 Å². The van der Waals surface area contributed by atoms with Gasteiger partial charge in [-0.2, -0.15) is 8.42 Å². The van der Waals surface area contributed by atoms with E-state index in [1.54, 1.807) is 31.4 Å². The molecule has 4 rings (SSSR count). The van der Waals surface area contributed by atoms with Gasteiger partial charge in [0.05, 0.1) is 13.7 Å². The lowest BCUT2D eigenvalue weighted by atomic mass is 10.0. The van der Waals surface area contributed by atoms with Crippen LogP contribution in [-0.2, 0) is 33.4 Å². The highest BCUT2D eigenvalue weighted by Gasteiger charge is 2.58. The third-order valence-corrected chi connectivity index (χ3v) is 4.70. The van der Waals surface area contributed by atoms with Gasteiger partial charge in [-0.05, 0) is 12.1 Å². The van der Waals surface area contributed by atoms with Crippen molar-refractivity contribution in [3.8, 4) is 5.75 Å². The summed E-state index contributed by atoms with van der Waals surface area (Å²) in [5, 5.41) is 5.00. The molecule has 3 heterocycles. The van der Waals surface area contributed by atoms with Gasteiger partial charge < -0.3 is 23.7 Å². The van der Waals surface area contributed by atoms with E-state index in [0.29, 0.717) is 5.75 Å². The average molecular weight is 359 g/mol. The van der Waals surface area contributed by atoms with Crippen LogP contribution in [0.2, 0.25) is 0 Å². The van der Waals surface area contributed by atoms with E-state index in [9.17, 15) is 8.42 Å². The SMILES string of the molecule is COc1ccc([C@@H]2O[C@@H]3[C@H](O2)[C@@H]2OC[C@@H](O2)[C@H]3OS(N)(=O)=O)cc1. The molecule has 0 radical (unpaired) electrons. The number of methoxy groups -OCH3 is 1. The Kier molecular flexibility index (Phi) is 4.00. The van der Waals surface area contributed by atoms with Crippen LogP contribution in [0.4, 0.5) is 0 Å². The number of hydrogen-bond donors (Lipinski definition) is 1. The van der Waals surface area contributed by atoms with Gasteiger partial charge in [-0.25, -0.2) is 9.32 Å². The van der Waals surface area contributed by atoms with Crippen molar-refractivity contribution in [1.82, 2.24) is 0 Å². The second-order valence-corrected chi connectivity index (χ2v) is 6.91. The fourth-order valence-electron chi connectivity index (χ4n) is 3.14. The Morgan fingerprint density at radius 3 is 2.50 bits per heavy atom. The number of benzene rings is 1. The molecule has 0 aliphatic carbocycles. The van der Waals surface area contributed by atoms with Crippen molar-refractivity contribution in [2.24, 2.45) is 5.14 Å². The van der Waals surface area contributed by atoms with E-state index in [4.69, 9.17) is 33.0 Å². The molecule has 0 unspecified atom stereocenters. The van der Waals surface area contributed by atoms with Crippen molar-refractivity contribution in [3.05, 3.63) is 29.8 Å². The summed E-state index contributed by atoms with van der Waals surface area (Å²) >= 11 is 0. The topological polar surface area (TPSA) is 116 Å². The van der Waals surface area contributed by atoms with Crippen molar-refractivity contribution in [1.29, 1.82) is 0 Å². The molecule has 24 heavy (non-hydrogen) atoms. The lowest BCUT2D eigenvalue weighted by molar-refractivity contribution is -0.189. The third kappa shape index (κ3) is 2.90. The van der Waals surface area contributed by atoms with E-state index in [2.05, 4.69) is 0 Å². The highest BCUT2D eigenvalue weighted by molar-refractivity contribution is 7.84. The van der Waals surface area contributed by atoms with E-state index in [0.717, 1.165) is 5.56 Å². The maximum Gasteiger partial charge on any atom is 0.333 e. The fourth-order valence-corrected chi connectivity index (χ4v) is 3.69. The van der Waals surface area contributed by atoms with E-state index < -0.39 is 47.3 Å². The summed E-state index contributed by atoms with van der Waals surface area (Å²) in [4.78, 5) is 0. The monoisotopic (exact) mass is 359 g/mol. The van der Waals surface area contributed by atoms with Crippen LogP contribution in [0.15, 0.2) is 24.3 Å². The summed E-state index contributed by atoms with van der Waals surface area (Å²) in [6.45, 7) is 0.192. The van der Waals surface area contributed by atoms with Crippen LogP contribution in [-0.4, -0.2) is 52.8 Å². The molecule has 1 aromatic rings. The van der Waals surface area contributed by atoms with Gasteiger partial charge in [-0.15, -0.1) is 0 Å². The molecule has 2 N–H and O–H groups in total. The second kappa shape index (κ2) is 5.92. The van der Waals surface area contributed by atoms with Crippen LogP contribution in [0.25, 0.3) is 0 Å². The molecule has 3 aliphatic rings. The highest BCUT2D eigenvalue weighted by atomic mass is 32.2. The van der Waals surface area contributed by atoms with E-state index >= 15 is 0 Å². The summed E-state index contributed by atoms with van der Waals surface area (Å²) in [6, 6.07) is 7.16. The Morgan fingerprint density at radius 1 is 1.12 bits per heavy atom. The minimum Gasteiger partial charge on any atom is -0.497 e. The molecular formula is C14H17NO8S. The van der Waals surface area contributed by atoms with Gasteiger partial charge in [-0.3, -0.25) is 0 Å². The molecule has 0 aromatic heterocycles. The molecule has 1 aromatic carbocycles. The molecule has 9 nitrogen and oxygen atoms in total. The van der Waals surface area contributed by atoms with Crippen molar-refractivity contribution >= 4 is 10.3 Å². The van der Waals surface area contributed by atoms with Gasteiger partial charge in [0.15, 0.2) is 12.6 Å². The second-order valence-electron chi connectivity index (χ2n) is 5.74. The molecular weight excluding hydrogens is 342 g/mol. The Labute approximate surface area is 138 Å². The molecule has 3 aliphatic heterocycles. The van der Waals surface area contributed by atoms with Crippen LogP contribution in [0.5, 0.6) is 5.75 Å². The van der Waals surface area contributed by atoms with Crippen LogP contribution >= 0.6 is 0 Å². The lowest BCUT2D eigenvalue weighted by Gasteiger charge is -2.33. The maximum atomic E-state index is 11.3. The minimum atomic E-state index is -4.17. The number of hydrogen-bond acceptors (Lipinski definition) is 8. The van der Waals surface area contributed by atoms with Crippen LogP contribution < -0.4 is 9.88 Å². The van der Waals surface area contributed by atoms with Crippen molar-refractivity contribution in [2.75, 3.05) is 13.7 Å². The first-order valence-electron chi connectivity index (χ1n) is 7.37. The van der Waals surface area contributed by atoms with Crippen molar-refractivity contribution in [2.45, 2.75) is 37.0 Å². The van der Waals surface area contributed by atoms with Crippen LogP contribution in [0.1, 0.15) is 11.9 Å². The summed E-state index contributed by atoms with van der Waals surface area (Å²) < 4.78 is 55.6. The zero-order valence-corrected chi connectivity index (χ0v) is 13.5. The molecule has 0 spiro atoms. The molecule has 0 amide bonds. The standard InChI is InChI=1S/C14H17NO8S/c1-18-8-4-2-7(3-5-8)13-21-11-10(23-24(15,16)17)9-6-19-14(20-9)12(11)22-13/h2-5,9-14H,6H2,1H3,(H2,15,16,17)/t9-,10-,11+,12+,13-,14-/m1/s1. The zero-order valence-electron chi connectivity index (χ0n) is 12.7. The predicted molar refractivity (Wildman–Crippen MR) is 78.1 cm³/mol. The summed E-state index contributed by atoms with van der Waals surface area (Å²) in [5.41, 5.74) is 0.760. The maximum absolute atomic E-state index is 11.3. The predicted octanol–water partition coefficient (Wildman–Crippen LogP) is -0.178. The molecule has 10 heteroatoms. The normalized spacial score (nSPS) is 38.1. The first kappa shape index (κ1) is 16.2. The summed E-state index contributed by atoms with van der Waals surface area (Å²) in [7, 11) is -2.59. The lowest BCUT2D eigenvalue weighted by Crippen LogP contribution is -2.54. The first-order chi connectivity index (χ1) is 11.4. The Morgan fingerprint density at radius 2 is 1.83 bits per heavy atom. The van der Waals surface area contributed by atoms with E-state index in [1.165, 1.54) is 0 Å². The van der Waals surface area contributed by atoms with E-state index in [-0.39, 0.29) is 6.61 Å². The average Bonchev–Trinajstić information content (AvgIpc) is 3.17. The summed E-state index contributed by atoms with van der Waals surface area (Å²) in [5.74, 6) is 0.704. The first-order valence-corrected chi connectivity index (χ1v) is 8.85. The molecule has 2 bridgehead atoms. The zero-order chi connectivity index (χ0) is 16.9. The third-order valence-electron chi connectivity index (χ3n) is 4.21. The van der Waals surface area contributed by atoms with Gasteiger partial charge in [-0.1, -0.05) is 12.1 Å². The number of rotatable bonds is 4. The van der Waals surface area contributed by atoms with E-state index in [1.807, 2.05) is 0 Å². The smallest absolute Gasteiger partial charge is 0.333 e. The Bertz CT molecular complexity index is 708. The Hall–Kier alpha value is -1.27. The van der Waals surface area contributed by atoms with Crippen LogP contribution in [0.3, 0.4) is 0 Å². The quantitative estimate of drug-likeness (QED) is 0.787. The van der Waals surface area contributed by atoms with Crippen molar-refractivity contribution in [3.63, 3.8) is 0 Å². The molecule has 132 valence electrons. The van der Waals surface area contributed by atoms with Gasteiger partial charge in [0, 0.05) is 5.56 Å². The molecule has 6 atom stereocenters. The molecule has 3 fully saturated rings. The van der Waals surface area contributed by atoms with Crippen molar-refractivity contribution < 1.29 is 36.3 Å². The largest absolute Gasteiger partial charge is 0.497 e. The molecule has 3 saturated heterocycles. The van der Waals surface area contributed by atoms with Gasteiger partial charge in [0.2, 0.25) is 0 Å². The highest BCUT2D eigenvalue weighted by Crippen LogP contribution is 2.43. The minimum absolute atomic E-state index is 0.192. The van der Waals surface area contributed by atoms with Crippen LogP contribution in [0, 0.1) is 0 Å². The number of nitrogens with two attached hydrogens (primary N) is 1. The molecule has 0 saturated carbocycles. The van der Waals surface area contributed by atoms with Gasteiger partial charge >= 0.3 is 10.3 Å². The van der Waals surface area contributed by atoms with Gasteiger partial charge in [0.1, 0.15) is 30.2 Å².